The number of hydroxylamine groups is 1. The van der Waals surface area contributed by atoms with Crippen LogP contribution in [0.3, 0.4) is 0 Å². The summed E-state index contributed by atoms with van der Waals surface area (Å²) in [5.41, 5.74) is 2.92. The zero-order chi connectivity index (χ0) is 6.69. The van der Waals surface area contributed by atoms with Crippen molar-refractivity contribution < 1.29 is 4.84 Å². The van der Waals surface area contributed by atoms with E-state index >= 15 is 0 Å². The van der Waals surface area contributed by atoms with Crippen molar-refractivity contribution in [3.63, 3.8) is 0 Å². The maximum Gasteiger partial charge on any atom is 0.0710 e. The second-order valence-electron chi connectivity index (χ2n) is 3.03. The smallest absolute Gasteiger partial charge is 0.0710 e. The van der Waals surface area contributed by atoms with Gasteiger partial charge < -0.3 is 4.84 Å². The SMILES string of the molecule is CC(C)NOCC1CC1. The number of rotatable bonds is 4. The van der Waals surface area contributed by atoms with Crippen LogP contribution in [0.1, 0.15) is 26.7 Å². The molecule has 1 saturated carbocycles. The average molecular weight is 129 g/mol. The first-order valence-corrected chi connectivity index (χ1v) is 3.66. The molecular formula is C7H15NO. The van der Waals surface area contributed by atoms with Gasteiger partial charge in [-0.15, -0.1) is 0 Å². The highest BCUT2D eigenvalue weighted by Crippen LogP contribution is 2.28. The molecule has 0 radical (unpaired) electrons. The van der Waals surface area contributed by atoms with Gasteiger partial charge in [-0.3, -0.25) is 0 Å². The quantitative estimate of drug-likeness (QED) is 0.578. The fourth-order valence-electron chi connectivity index (χ4n) is 0.617. The van der Waals surface area contributed by atoms with E-state index < -0.39 is 0 Å². The lowest BCUT2D eigenvalue weighted by molar-refractivity contribution is 0.0173. The highest BCUT2D eigenvalue weighted by Gasteiger charge is 2.21. The molecule has 0 saturated heterocycles. The molecule has 0 bridgehead atoms. The van der Waals surface area contributed by atoms with Crippen LogP contribution in [0.4, 0.5) is 0 Å². The molecule has 54 valence electrons. The third-order valence-corrected chi connectivity index (χ3v) is 1.33. The summed E-state index contributed by atoms with van der Waals surface area (Å²) in [4.78, 5) is 5.17. The molecule has 0 aromatic heterocycles. The van der Waals surface area contributed by atoms with Crippen molar-refractivity contribution in [2.24, 2.45) is 5.92 Å². The van der Waals surface area contributed by atoms with Crippen molar-refractivity contribution in [3.05, 3.63) is 0 Å². The van der Waals surface area contributed by atoms with Crippen LogP contribution >= 0.6 is 0 Å². The Labute approximate surface area is 56.5 Å². The molecule has 1 aliphatic rings. The molecule has 0 aliphatic heterocycles. The summed E-state index contributed by atoms with van der Waals surface area (Å²) in [7, 11) is 0. The van der Waals surface area contributed by atoms with Gasteiger partial charge in [-0.2, -0.15) is 0 Å². The molecule has 0 spiro atoms. The summed E-state index contributed by atoms with van der Waals surface area (Å²) >= 11 is 0. The third kappa shape index (κ3) is 3.49. The molecule has 9 heavy (non-hydrogen) atoms. The van der Waals surface area contributed by atoms with Crippen molar-refractivity contribution in [3.8, 4) is 0 Å². The van der Waals surface area contributed by atoms with Gasteiger partial charge in [0.15, 0.2) is 0 Å². The molecule has 1 aliphatic carbocycles. The number of nitrogens with one attached hydrogen (secondary N) is 1. The molecular weight excluding hydrogens is 114 g/mol. The maximum absolute atomic E-state index is 5.17. The van der Waals surface area contributed by atoms with E-state index in [1.807, 2.05) is 0 Å². The highest BCUT2D eigenvalue weighted by molar-refractivity contribution is 4.71. The first-order chi connectivity index (χ1) is 4.29. The van der Waals surface area contributed by atoms with Gasteiger partial charge in [-0.25, -0.2) is 5.48 Å². The van der Waals surface area contributed by atoms with Gasteiger partial charge in [-0.1, -0.05) is 0 Å². The lowest BCUT2D eigenvalue weighted by Gasteiger charge is -2.06. The molecule has 0 amide bonds. The Balaban J connectivity index is 1.81. The van der Waals surface area contributed by atoms with Gasteiger partial charge in [0, 0.05) is 6.04 Å². The first-order valence-electron chi connectivity index (χ1n) is 3.66. The standard InChI is InChI=1S/C7H15NO/c1-6(2)8-9-5-7-3-4-7/h6-8H,3-5H2,1-2H3. The Morgan fingerprint density at radius 2 is 2.22 bits per heavy atom. The van der Waals surface area contributed by atoms with Gasteiger partial charge in [0.25, 0.3) is 0 Å². The largest absolute Gasteiger partial charge is 0.301 e. The van der Waals surface area contributed by atoms with Crippen LogP contribution in [0.5, 0.6) is 0 Å². The Morgan fingerprint density at radius 3 is 2.67 bits per heavy atom. The molecule has 1 rings (SSSR count). The van der Waals surface area contributed by atoms with Crippen LogP contribution in [0, 0.1) is 5.92 Å². The molecule has 0 aromatic carbocycles. The van der Waals surface area contributed by atoms with Crippen molar-refractivity contribution in [1.29, 1.82) is 0 Å². The lowest BCUT2D eigenvalue weighted by atomic mass is 10.4. The molecule has 1 N–H and O–H groups in total. The minimum absolute atomic E-state index is 0.448. The Bertz CT molecular complexity index is 77.0. The van der Waals surface area contributed by atoms with Crippen LogP contribution in [-0.4, -0.2) is 12.6 Å². The van der Waals surface area contributed by atoms with Crippen LogP contribution in [0.2, 0.25) is 0 Å². The molecule has 0 aromatic rings. The maximum atomic E-state index is 5.17. The first kappa shape index (κ1) is 7.03. The van der Waals surface area contributed by atoms with E-state index in [0.717, 1.165) is 12.5 Å². The van der Waals surface area contributed by atoms with E-state index in [2.05, 4.69) is 19.3 Å². The minimum atomic E-state index is 0.448. The molecule has 2 heteroatoms. The summed E-state index contributed by atoms with van der Waals surface area (Å²) in [6.45, 7) is 5.05. The van der Waals surface area contributed by atoms with Crippen LogP contribution in [-0.2, 0) is 4.84 Å². The van der Waals surface area contributed by atoms with Crippen LogP contribution in [0.15, 0.2) is 0 Å². The second kappa shape index (κ2) is 3.18. The molecule has 1 fully saturated rings. The lowest BCUT2D eigenvalue weighted by Crippen LogP contribution is -2.23. The monoisotopic (exact) mass is 129 g/mol. The van der Waals surface area contributed by atoms with Crippen molar-refractivity contribution >= 4 is 0 Å². The summed E-state index contributed by atoms with van der Waals surface area (Å²) in [6, 6.07) is 0.448. The Morgan fingerprint density at radius 1 is 1.56 bits per heavy atom. The second-order valence-corrected chi connectivity index (χ2v) is 3.03. The summed E-state index contributed by atoms with van der Waals surface area (Å²) in [5.74, 6) is 0.858. The molecule has 0 heterocycles. The van der Waals surface area contributed by atoms with Crippen molar-refractivity contribution in [2.45, 2.75) is 32.7 Å². The van der Waals surface area contributed by atoms with E-state index in [1.165, 1.54) is 12.8 Å². The summed E-state index contributed by atoms with van der Waals surface area (Å²) in [5, 5.41) is 0. The highest BCUT2D eigenvalue weighted by atomic mass is 16.6. The zero-order valence-corrected chi connectivity index (χ0v) is 6.18. The predicted molar refractivity (Wildman–Crippen MR) is 36.9 cm³/mol. The molecule has 0 unspecified atom stereocenters. The van der Waals surface area contributed by atoms with Gasteiger partial charge in [0.2, 0.25) is 0 Å². The zero-order valence-electron chi connectivity index (χ0n) is 6.18. The fraction of sp³-hybridized carbons (Fsp3) is 1.00. The Hall–Kier alpha value is -0.0800. The Kier molecular flexibility index (Phi) is 2.49. The van der Waals surface area contributed by atoms with Crippen molar-refractivity contribution in [1.82, 2.24) is 5.48 Å². The molecule has 2 nitrogen and oxygen atoms in total. The summed E-state index contributed by atoms with van der Waals surface area (Å²) in [6.07, 6.45) is 2.72. The number of hydrogen-bond donors (Lipinski definition) is 1. The van der Waals surface area contributed by atoms with Gasteiger partial charge in [0.05, 0.1) is 6.61 Å². The van der Waals surface area contributed by atoms with Crippen LogP contribution in [0.25, 0.3) is 0 Å². The van der Waals surface area contributed by atoms with Crippen LogP contribution < -0.4 is 5.48 Å². The van der Waals surface area contributed by atoms with E-state index in [1.54, 1.807) is 0 Å². The van der Waals surface area contributed by atoms with E-state index in [-0.39, 0.29) is 0 Å². The minimum Gasteiger partial charge on any atom is -0.301 e. The van der Waals surface area contributed by atoms with Gasteiger partial charge in [0.1, 0.15) is 0 Å². The van der Waals surface area contributed by atoms with Gasteiger partial charge >= 0.3 is 0 Å². The average Bonchev–Trinajstić information content (AvgIpc) is 2.48. The topological polar surface area (TPSA) is 21.3 Å². The molecule has 0 atom stereocenters. The predicted octanol–water partition coefficient (Wildman–Crippen LogP) is 1.33. The van der Waals surface area contributed by atoms with Crippen molar-refractivity contribution in [2.75, 3.05) is 6.61 Å². The number of hydrogen-bond acceptors (Lipinski definition) is 2. The third-order valence-electron chi connectivity index (χ3n) is 1.33. The summed E-state index contributed by atoms with van der Waals surface area (Å²) < 4.78 is 0. The van der Waals surface area contributed by atoms with E-state index in [0.29, 0.717) is 6.04 Å². The normalized spacial score (nSPS) is 19.0. The fourth-order valence-corrected chi connectivity index (χ4v) is 0.617. The van der Waals surface area contributed by atoms with E-state index in [4.69, 9.17) is 4.84 Å². The van der Waals surface area contributed by atoms with Gasteiger partial charge in [-0.05, 0) is 32.6 Å². The van der Waals surface area contributed by atoms with E-state index in [9.17, 15) is 0 Å².